The number of aliphatic hydroxyl groups is 1. The Balaban J connectivity index is 1.76. The Morgan fingerprint density at radius 2 is 1.93 bits per heavy atom. The second kappa shape index (κ2) is 4.78. The molecule has 0 aromatic rings. The molecule has 2 aliphatic rings. The first kappa shape index (κ1) is 11.3. The standard InChI is InChI=1S/C11H21NO3/c1-9(8-13)12-10-2-4-11(5-3-10)14-6-7-15-11/h9-10,12-13H,2-8H2,1H3/t9-/m1/s1. The van der Waals surface area contributed by atoms with Crippen molar-refractivity contribution < 1.29 is 14.6 Å². The van der Waals surface area contributed by atoms with E-state index in [0.717, 1.165) is 38.9 Å². The van der Waals surface area contributed by atoms with E-state index in [0.29, 0.717) is 6.04 Å². The van der Waals surface area contributed by atoms with Crippen molar-refractivity contribution in [3.8, 4) is 0 Å². The molecule has 15 heavy (non-hydrogen) atoms. The summed E-state index contributed by atoms with van der Waals surface area (Å²) in [6.45, 7) is 3.69. The quantitative estimate of drug-likeness (QED) is 0.725. The maximum atomic E-state index is 8.96. The molecular formula is C11H21NO3. The van der Waals surface area contributed by atoms with Crippen LogP contribution in [0.15, 0.2) is 0 Å². The second-order valence-corrected chi connectivity index (χ2v) is 4.63. The van der Waals surface area contributed by atoms with Gasteiger partial charge in [-0.3, -0.25) is 0 Å². The van der Waals surface area contributed by atoms with Crippen LogP contribution in [0.5, 0.6) is 0 Å². The molecule has 1 saturated carbocycles. The van der Waals surface area contributed by atoms with E-state index in [1.54, 1.807) is 0 Å². The van der Waals surface area contributed by atoms with Crippen molar-refractivity contribution in [3.63, 3.8) is 0 Å². The topological polar surface area (TPSA) is 50.7 Å². The molecule has 4 nitrogen and oxygen atoms in total. The lowest BCUT2D eigenvalue weighted by Gasteiger charge is -2.36. The summed E-state index contributed by atoms with van der Waals surface area (Å²) < 4.78 is 11.3. The zero-order valence-corrected chi connectivity index (χ0v) is 9.37. The van der Waals surface area contributed by atoms with Crippen LogP contribution in [0.2, 0.25) is 0 Å². The molecule has 1 atom stereocenters. The van der Waals surface area contributed by atoms with E-state index in [1.165, 1.54) is 0 Å². The van der Waals surface area contributed by atoms with E-state index in [9.17, 15) is 0 Å². The number of hydrogen-bond acceptors (Lipinski definition) is 4. The lowest BCUT2D eigenvalue weighted by molar-refractivity contribution is -0.179. The molecule has 2 fully saturated rings. The van der Waals surface area contributed by atoms with Crippen molar-refractivity contribution in [1.82, 2.24) is 5.32 Å². The zero-order valence-electron chi connectivity index (χ0n) is 9.37. The van der Waals surface area contributed by atoms with Gasteiger partial charge in [-0.2, -0.15) is 0 Å². The molecule has 4 heteroatoms. The van der Waals surface area contributed by atoms with Gasteiger partial charge in [-0.15, -0.1) is 0 Å². The van der Waals surface area contributed by atoms with Crippen LogP contribution in [-0.4, -0.2) is 42.8 Å². The van der Waals surface area contributed by atoms with Gasteiger partial charge >= 0.3 is 0 Å². The maximum absolute atomic E-state index is 8.96. The van der Waals surface area contributed by atoms with Crippen molar-refractivity contribution in [3.05, 3.63) is 0 Å². The Kier molecular flexibility index (Phi) is 3.61. The largest absolute Gasteiger partial charge is 0.395 e. The lowest BCUT2D eigenvalue weighted by atomic mass is 9.89. The fourth-order valence-electron chi connectivity index (χ4n) is 2.47. The maximum Gasteiger partial charge on any atom is 0.168 e. The Morgan fingerprint density at radius 1 is 1.33 bits per heavy atom. The Labute approximate surface area is 90.9 Å². The molecule has 0 amide bonds. The highest BCUT2D eigenvalue weighted by molar-refractivity contribution is 4.86. The summed E-state index contributed by atoms with van der Waals surface area (Å²) in [5.74, 6) is -0.263. The first-order valence-electron chi connectivity index (χ1n) is 5.89. The summed E-state index contributed by atoms with van der Waals surface area (Å²) in [5, 5.41) is 12.4. The Morgan fingerprint density at radius 3 is 2.47 bits per heavy atom. The van der Waals surface area contributed by atoms with Gasteiger partial charge < -0.3 is 19.9 Å². The molecule has 1 aliphatic carbocycles. The average Bonchev–Trinajstić information content (AvgIpc) is 2.70. The molecule has 0 aromatic carbocycles. The second-order valence-electron chi connectivity index (χ2n) is 4.63. The monoisotopic (exact) mass is 215 g/mol. The van der Waals surface area contributed by atoms with Gasteiger partial charge in [-0.05, 0) is 19.8 Å². The molecule has 2 rings (SSSR count). The van der Waals surface area contributed by atoms with E-state index in [4.69, 9.17) is 14.6 Å². The molecule has 0 radical (unpaired) electrons. The van der Waals surface area contributed by atoms with Gasteiger partial charge in [0.1, 0.15) is 0 Å². The highest BCUT2D eigenvalue weighted by atomic mass is 16.7. The van der Waals surface area contributed by atoms with Crippen molar-refractivity contribution in [1.29, 1.82) is 0 Å². The van der Waals surface area contributed by atoms with Gasteiger partial charge in [-0.25, -0.2) is 0 Å². The van der Waals surface area contributed by atoms with Gasteiger partial charge in [-0.1, -0.05) is 0 Å². The predicted molar refractivity (Wildman–Crippen MR) is 56.6 cm³/mol. The fraction of sp³-hybridized carbons (Fsp3) is 1.00. The highest BCUT2D eigenvalue weighted by Gasteiger charge is 2.40. The summed E-state index contributed by atoms with van der Waals surface area (Å²) in [6, 6.07) is 0.694. The molecule has 1 aliphatic heterocycles. The van der Waals surface area contributed by atoms with Gasteiger partial charge in [0.15, 0.2) is 5.79 Å². The molecule has 0 aromatic heterocycles. The van der Waals surface area contributed by atoms with E-state index < -0.39 is 0 Å². The number of aliphatic hydroxyl groups excluding tert-OH is 1. The minimum Gasteiger partial charge on any atom is -0.395 e. The summed E-state index contributed by atoms with van der Waals surface area (Å²) in [4.78, 5) is 0. The van der Waals surface area contributed by atoms with Crippen molar-refractivity contribution in [2.45, 2.75) is 50.5 Å². The molecule has 0 bridgehead atoms. The molecule has 88 valence electrons. The van der Waals surface area contributed by atoms with Crippen LogP contribution in [0.4, 0.5) is 0 Å². The van der Waals surface area contributed by atoms with Gasteiger partial charge in [0.05, 0.1) is 19.8 Å². The van der Waals surface area contributed by atoms with Crippen molar-refractivity contribution in [2.24, 2.45) is 0 Å². The third kappa shape index (κ3) is 2.69. The number of rotatable bonds is 3. The molecule has 0 unspecified atom stereocenters. The van der Waals surface area contributed by atoms with Crippen molar-refractivity contribution >= 4 is 0 Å². The van der Waals surface area contributed by atoms with Crippen LogP contribution in [-0.2, 0) is 9.47 Å². The van der Waals surface area contributed by atoms with Crippen molar-refractivity contribution in [2.75, 3.05) is 19.8 Å². The third-order valence-electron chi connectivity index (χ3n) is 3.36. The van der Waals surface area contributed by atoms with Crippen LogP contribution in [0.1, 0.15) is 32.6 Å². The van der Waals surface area contributed by atoms with Crippen LogP contribution in [0.3, 0.4) is 0 Å². The third-order valence-corrected chi connectivity index (χ3v) is 3.36. The summed E-state index contributed by atoms with van der Waals surface area (Å²) in [6.07, 6.45) is 4.10. The van der Waals surface area contributed by atoms with Gasteiger partial charge in [0.25, 0.3) is 0 Å². The summed E-state index contributed by atoms with van der Waals surface area (Å²) >= 11 is 0. The minimum atomic E-state index is -0.263. The number of nitrogens with one attached hydrogen (secondary N) is 1. The van der Waals surface area contributed by atoms with Crippen LogP contribution in [0, 0.1) is 0 Å². The molecule has 2 N–H and O–H groups in total. The fourth-order valence-corrected chi connectivity index (χ4v) is 2.47. The molecular weight excluding hydrogens is 194 g/mol. The van der Waals surface area contributed by atoms with Crippen LogP contribution >= 0.6 is 0 Å². The smallest absolute Gasteiger partial charge is 0.168 e. The number of hydrogen-bond donors (Lipinski definition) is 2. The van der Waals surface area contributed by atoms with Gasteiger partial charge in [0, 0.05) is 24.9 Å². The predicted octanol–water partition coefficient (Wildman–Crippen LogP) is 0.642. The summed E-state index contributed by atoms with van der Waals surface area (Å²) in [5.41, 5.74) is 0. The number of ether oxygens (including phenoxy) is 2. The van der Waals surface area contributed by atoms with E-state index in [-0.39, 0.29) is 18.4 Å². The minimum absolute atomic E-state index is 0.189. The van der Waals surface area contributed by atoms with E-state index in [2.05, 4.69) is 5.32 Å². The van der Waals surface area contributed by atoms with Crippen LogP contribution in [0.25, 0.3) is 0 Å². The average molecular weight is 215 g/mol. The lowest BCUT2D eigenvalue weighted by Crippen LogP contribution is -2.45. The normalized spacial score (nSPS) is 28.4. The van der Waals surface area contributed by atoms with E-state index >= 15 is 0 Å². The first-order valence-corrected chi connectivity index (χ1v) is 5.89. The Bertz CT molecular complexity index is 194. The SMILES string of the molecule is C[C@H](CO)NC1CCC2(CC1)OCCO2. The zero-order chi connectivity index (χ0) is 10.7. The Hall–Kier alpha value is -0.160. The van der Waals surface area contributed by atoms with Crippen LogP contribution < -0.4 is 5.32 Å². The first-order chi connectivity index (χ1) is 7.24. The summed E-state index contributed by atoms with van der Waals surface area (Å²) in [7, 11) is 0. The molecule has 1 heterocycles. The van der Waals surface area contributed by atoms with Gasteiger partial charge in [0.2, 0.25) is 0 Å². The van der Waals surface area contributed by atoms with E-state index in [1.807, 2.05) is 6.92 Å². The molecule has 1 spiro atoms. The molecule has 1 saturated heterocycles. The highest BCUT2D eigenvalue weighted by Crippen LogP contribution is 2.35.